The van der Waals surface area contributed by atoms with Gasteiger partial charge in [-0.3, -0.25) is 0 Å². The Bertz CT molecular complexity index is 358. The molecule has 1 rings (SSSR count). The summed E-state index contributed by atoms with van der Waals surface area (Å²) in [6.07, 6.45) is 1.90. The molecule has 2 nitrogen and oxygen atoms in total. The Morgan fingerprint density at radius 1 is 1.35 bits per heavy atom. The van der Waals surface area contributed by atoms with Crippen LogP contribution in [0.4, 0.5) is 5.69 Å². The SMILES string of the molecule is CCC(CC)(CO)CNc1cccc(Cl)c1Br. The molecule has 1 aromatic rings. The third-order valence-electron chi connectivity index (χ3n) is 3.44. The summed E-state index contributed by atoms with van der Waals surface area (Å²) in [6, 6.07) is 5.73. The Kier molecular flexibility index (Phi) is 5.77. The van der Waals surface area contributed by atoms with E-state index in [1.54, 1.807) is 0 Å². The van der Waals surface area contributed by atoms with Crippen molar-refractivity contribution in [2.45, 2.75) is 26.7 Å². The lowest BCUT2D eigenvalue weighted by molar-refractivity contribution is 0.127. The van der Waals surface area contributed by atoms with Crippen LogP contribution in [0.5, 0.6) is 0 Å². The second-order valence-electron chi connectivity index (χ2n) is 4.32. The standard InChI is InChI=1S/C13H19BrClNO/c1-3-13(4-2,9-17)8-16-11-7-5-6-10(15)12(11)14/h5-7,16-17H,3-4,8-9H2,1-2H3. The van der Waals surface area contributed by atoms with E-state index in [1.165, 1.54) is 0 Å². The molecule has 0 spiro atoms. The molecule has 0 aliphatic heterocycles. The van der Waals surface area contributed by atoms with Crippen molar-refractivity contribution in [3.8, 4) is 0 Å². The van der Waals surface area contributed by atoms with Gasteiger partial charge in [0.25, 0.3) is 0 Å². The monoisotopic (exact) mass is 319 g/mol. The van der Waals surface area contributed by atoms with E-state index < -0.39 is 0 Å². The molecule has 0 heterocycles. The molecule has 0 radical (unpaired) electrons. The Morgan fingerprint density at radius 2 is 2.00 bits per heavy atom. The maximum Gasteiger partial charge on any atom is 0.0593 e. The Morgan fingerprint density at radius 3 is 2.53 bits per heavy atom. The largest absolute Gasteiger partial charge is 0.396 e. The molecule has 0 atom stereocenters. The summed E-state index contributed by atoms with van der Waals surface area (Å²) in [5, 5.41) is 13.5. The zero-order valence-corrected chi connectivity index (χ0v) is 12.6. The van der Waals surface area contributed by atoms with Crippen molar-refractivity contribution in [3.63, 3.8) is 0 Å². The topological polar surface area (TPSA) is 32.3 Å². The van der Waals surface area contributed by atoms with Crippen molar-refractivity contribution >= 4 is 33.2 Å². The second-order valence-corrected chi connectivity index (χ2v) is 5.52. The maximum atomic E-state index is 9.50. The van der Waals surface area contributed by atoms with Crippen LogP contribution in [-0.4, -0.2) is 18.3 Å². The van der Waals surface area contributed by atoms with Gasteiger partial charge >= 0.3 is 0 Å². The van der Waals surface area contributed by atoms with E-state index >= 15 is 0 Å². The number of hydrogen-bond acceptors (Lipinski definition) is 2. The summed E-state index contributed by atoms with van der Waals surface area (Å²) in [6.45, 7) is 5.16. The molecule has 96 valence electrons. The number of halogens is 2. The van der Waals surface area contributed by atoms with Gasteiger partial charge in [0, 0.05) is 17.6 Å². The smallest absolute Gasteiger partial charge is 0.0593 e. The van der Waals surface area contributed by atoms with Crippen LogP contribution >= 0.6 is 27.5 Å². The Hall–Kier alpha value is -0.250. The Labute approximate surface area is 117 Å². The van der Waals surface area contributed by atoms with Gasteiger partial charge in [0.2, 0.25) is 0 Å². The highest BCUT2D eigenvalue weighted by atomic mass is 79.9. The normalized spacial score (nSPS) is 11.6. The quantitative estimate of drug-likeness (QED) is 0.818. The van der Waals surface area contributed by atoms with Crippen LogP contribution < -0.4 is 5.32 Å². The first-order chi connectivity index (χ1) is 8.08. The summed E-state index contributed by atoms with van der Waals surface area (Å²) in [4.78, 5) is 0. The molecular weight excluding hydrogens is 302 g/mol. The zero-order chi connectivity index (χ0) is 12.9. The zero-order valence-electron chi connectivity index (χ0n) is 10.3. The molecule has 0 aliphatic rings. The van der Waals surface area contributed by atoms with Gasteiger partial charge in [-0.2, -0.15) is 0 Å². The van der Waals surface area contributed by atoms with Crippen LogP contribution in [0.15, 0.2) is 22.7 Å². The molecular formula is C13H19BrClNO. The fourth-order valence-corrected chi connectivity index (χ4v) is 2.28. The average molecular weight is 321 g/mol. The molecule has 0 unspecified atom stereocenters. The second kappa shape index (κ2) is 6.62. The minimum Gasteiger partial charge on any atom is -0.396 e. The number of rotatable bonds is 6. The number of anilines is 1. The molecule has 0 saturated heterocycles. The molecule has 0 amide bonds. The average Bonchev–Trinajstić information content (AvgIpc) is 2.36. The van der Waals surface area contributed by atoms with Crippen molar-refractivity contribution in [2.24, 2.45) is 5.41 Å². The van der Waals surface area contributed by atoms with Gasteiger partial charge in [-0.25, -0.2) is 0 Å². The molecule has 0 bridgehead atoms. The van der Waals surface area contributed by atoms with E-state index in [0.717, 1.165) is 29.5 Å². The van der Waals surface area contributed by atoms with Crippen molar-refractivity contribution < 1.29 is 5.11 Å². The van der Waals surface area contributed by atoms with E-state index in [-0.39, 0.29) is 12.0 Å². The summed E-state index contributed by atoms with van der Waals surface area (Å²) >= 11 is 9.49. The highest BCUT2D eigenvalue weighted by molar-refractivity contribution is 9.10. The highest BCUT2D eigenvalue weighted by Crippen LogP contribution is 2.32. The molecule has 0 fully saturated rings. The lowest BCUT2D eigenvalue weighted by Crippen LogP contribution is -2.32. The molecule has 17 heavy (non-hydrogen) atoms. The first-order valence-corrected chi connectivity index (χ1v) is 7.04. The third kappa shape index (κ3) is 3.60. The van der Waals surface area contributed by atoms with E-state index in [2.05, 4.69) is 35.1 Å². The van der Waals surface area contributed by atoms with E-state index in [1.807, 2.05) is 18.2 Å². The van der Waals surface area contributed by atoms with Crippen LogP contribution in [0, 0.1) is 5.41 Å². The lowest BCUT2D eigenvalue weighted by Gasteiger charge is -2.30. The van der Waals surface area contributed by atoms with Gasteiger partial charge < -0.3 is 10.4 Å². The summed E-state index contributed by atoms with van der Waals surface area (Å²) in [7, 11) is 0. The molecule has 0 aromatic heterocycles. The Balaban J connectivity index is 2.75. The van der Waals surface area contributed by atoms with Gasteiger partial charge in [-0.15, -0.1) is 0 Å². The van der Waals surface area contributed by atoms with Crippen molar-refractivity contribution in [3.05, 3.63) is 27.7 Å². The molecule has 4 heteroatoms. The van der Waals surface area contributed by atoms with Crippen molar-refractivity contribution in [1.82, 2.24) is 0 Å². The maximum absolute atomic E-state index is 9.50. The first kappa shape index (κ1) is 14.8. The van der Waals surface area contributed by atoms with Gasteiger partial charge in [0.1, 0.15) is 0 Å². The summed E-state index contributed by atoms with van der Waals surface area (Å²) in [5.74, 6) is 0. The fourth-order valence-electron chi connectivity index (χ4n) is 1.70. The first-order valence-electron chi connectivity index (χ1n) is 5.87. The van der Waals surface area contributed by atoms with E-state index in [9.17, 15) is 5.11 Å². The molecule has 1 aromatic carbocycles. The third-order valence-corrected chi connectivity index (χ3v) is 4.84. The van der Waals surface area contributed by atoms with Gasteiger partial charge in [0.05, 0.1) is 16.1 Å². The van der Waals surface area contributed by atoms with Gasteiger partial charge in [0.15, 0.2) is 0 Å². The lowest BCUT2D eigenvalue weighted by atomic mass is 9.83. The van der Waals surface area contributed by atoms with Gasteiger partial charge in [-0.1, -0.05) is 31.5 Å². The van der Waals surface area contributed by atoms with Crippen LogP contribution in [0.2, 0.25) is 5.02 Å². The van der Waals surface area contributed by atoms with E-state index in [0.29, 0.717) is 5.02 Å². The number of nitrogens with one attached hydrogen (secondary N) is 1. The summed E-state index contributed by atoms with van der Waals surface area (Å²) < 4.78 is 0.876. The molecule has 0 saturated carbocycles. The summed E-state index contributed by atoms with van der Waals surface area (Å²) in [5.41, 5.74) is 0.916. The van der Waals surface area contributed by atoms with Crippen molar-refractivity contribution in [1.29, 1.82) is 0 Å². The van der Waals surface area contributed by atoms with Gasteiger partial charge in [-0.05, 0) is 40.9 Å². The van der Waals surface area contributed by atoms with Crippen LogP contribution in [0.3, 0.4) is 0 Å². The molecule has 0 aliphatic carbocycles. The van der Waals surface area contributed by atoms with E-state index in [4.69, 9.17) is 11.6 Å². The van der Waals surface area contributed by atoms with Crippen LogP contribution in [0.25, 0.3) is 0 Å². The minimum absolute atomic E-state index is 0.0538. The fraction of sp³-hybridized carbons (Fsp3) is 0.538. The minimum atomic E-state index is -0.0538. The number of aliphatic hydroxyl groups excluding tert-OH is 1. The molecule has 2 N–H and O–H groups in total. The number of benzene rings is 1. The predicted octanol–water partition coefficient (Wildman–Crippen LogP) is 4.31. The highest BCUT2D eigenvalue weighted by Gasteiger charge is 2.25. The van der Waals surface area contributed by atoms with Crippen molar-refractivity contribution in [2.75, 3.05) is 18.5 Å². The number of aliphatic hydroxyl groups is 1. The number of hydrogen-bond donors (Lipinski definition) is 2. The predicted molar refractivity (Wildman–Crippen MR) is 77.7 cm³/mol. The van der Waals surface area contributed by atoms with Crippen LogP contribution in [-0.2, 0) is 0 Å². The van der Waals surface area contributed by atoms with Crippen LogP contribution in [0.1, 0.15) is 26.7 Å².